The molecule has 0 radical (unpaired) electrons. The van der Waals surface area contributed by atoms with Crippen LogP contribution in [0.5, 0.6) is 0 Å². The van der Waals surface area contributed by atoms with E-state index >= 15 is 0 Å². The van der Waals surface area contributed by atoms with E-state index in [-0.39, 0.29) is 24.7 Å². The molecule has 0 saturated carbocycles. The monoisotopic (exact) mass is 352 g/mol. The molecule has 2 N–H and O–H groups in total. The topological polar surface area (TPSA) is 52.6 Å². The largest absolute Gasteiger partial charge is 0.416 e. The van der Waals surface area contributed by atoms with E-state index in [1.165, 1.54) is 12.1 Å². The van der Waals surface area contributed by atoms with Crippen LogP contribution < -0.4 is 10.2 Å². The van der Waals surface area contributed by atoms with Crippen LogP contribution in [0.2, 0.25) is 0 Å². The van der Waals surface area contributed by atoms with Crippen LogP contribution >= 0.6 is 0 Å². The number of halogens is 3. The number of nitrogens with zero attached hydrogens (tertiary/aromatic N) is 1. The van der Waals surface area contributed by atoms with E-state index in [1.54, 1.807) is 11.8 Å². The van der Waals surface area contributed by atoms with Crippen molar-refractivity contribution in [1.82, 2.24) is 0 Å². The Morgan fingerprint density at radius 1 is 1.12 bits per heavy atom. The van der Waals surface area contributed by atoms with Gasteiger partial charge in [0.25, 0.3) is 0 Å². The van der Waals surface area contributed by atoms with Crippen molar-refractivity contribution in [3.63, 3.8) is 0 Å². The van der Waals surface area contributed by atoms with Crippen molar-refractivity contribution in [1.29, 1.82) is 0 Å². The van der Waals surface area contributed by atoms with Gasteiger partial charge in [0.05, 0.1) is 18.2 Å². The zero-order valence-electron chi connectivity index (χ0n) is 13.6. The highest BCUT2D eigenvalue weighted by Crippen LogP contribution is 2.29. The summed E-state index contributed by atoms with van der Waals surface area (Å²) in [4.78, 5) is 13.9. The second-order valence-electron chi connectivity index (χ2n) is 5.69. The molecule has 0 heterocycles. The molecule has 1 atom stereocenters. The lowest BCUT2D eigenvalue weighted by molar-refractivity contribution is -0.137. The maximum atomic E-state index is 12.5. The summed E-state index contributed by atoms with van der Waals surface area (Å²) in [6.07, 6.45) is -5.05. The number of para-hydroxylation sites is 1. The highest BCUT2D eigenvalue weighted by atomic mass is 19.4. The first-order chi connectivity index (χ1) is 11.8. The van der Waals surface area contributed by atoms with Crippen LogP contribution in [-0.2, 0) is 11.0 Å². The minimum absolute atomic E-state index is 0.0318. The van der Waals surface area contributed by atoms with E-state index in [2.05, 4.69) is 5.32 Å². The molecule has 0 aromatic heterocycles. The third-order valence-corrected chi connectivity index (χ3v) is 3.44. The molecule has 4 nitrogen and oxygen atoms in total. The van der Waals surface area contributed by atoms with Crippen LogP contribution in [0, 0.1) is 0 Å². The van der Waals surface area contributed by atoms with Gasteiger partial charge in [0.1, 0.15) is 0 Å². The van der Waals surface area contributed by atoms with E-state index in [1.807, 2.05) is 30.3 Å². The molecule has 25 heavy (non-hydrogen) atoms. The molecular weight excluding hydrogens is 333 g/mol. The van der Waals surface area contributed by atoms with Crippen molar-refractivity contribution >= 4 is 17.3 Å². The molecule has 134 valence electrons. The number of nitrogens with one attached hydrogen (secondary N) is 1. The normalized spacial score (nSPS) is 12.5. The Hall–Kier alpha value is -2.54. The fourth-order valence-electron chi connectivity index (χ4n) is 2.34. The molecule has 0 aliphatic heterocycles. The minimum Gasteiger partial charge on any atom is -0.392 e. The van der Waals surface area contributed by atoms with Gasteiger partial charge in [-0.1, -0.05) is 18.2 Å². The third-order valence-electron chi connectivity index (χ3n) is 3.44. The lowest BCUT2D eigenvalue weighted by Gasteiger charge is -2.25. The molecule has 0 aliphatic rings. The molecule has 0 aliphatic carbocycles. The molecule has 1 amide bonds. The zero-order valence-corrected chi connectivity index (χ0v) is 13.6. The number of hydrogen-bond donors (Lipinski definition) is 2. The van der Waals surface area contributed by atoms with Crippen molar-refractivity contribution < 1.29 is 23.1 Å². The minimum atomic E-state index is -4.41. The van der Waals surface area contributed by atoms with Crippen LogP contribution in [0.3, 0.4) is 0 Å². The maximum absolute atomic E-state index is 12.5. The maximum Gasteiger partial charge on any atom is 0.416 e. The van der Waals surface area contributed by atoms with Crippen LogP contribution in [0.25, 0.3) is 0 Å². The van der Waals surface area contributed by atoms with Crippen molar-refractivity contribution in [2.24, 2.45) is 0 Å². The first-order valence-corrected chi connectivity index (χ1v) is 7.71. The van der Waals surface area contributed by atoms with Crippen LogP contribution in [0.4, 0.5) is 24.5 Å². The fourth-order valence-corrected chi connectivity index (χ4v) is 2.34. The van der Waals surface area contributed by atoms with E-state index in [4.69, 9.17) is 0 Å². The summed E-state index contributed by atoms with van der Waals surface area (Å²) in [5.41, 5.74) is 0.277. The van der Waals surface area contributed by atoms with Gasteiger partial charge in [-0.2, -0.15) is 13.2 Å². The number of carbonyl (C=O) groups excluding carboxylic acids is 1. The molecule has 2 aromatic carbocycles. The lowest BCUT2D eigenvalue weighted by atomic mass is 10.2. The number of benzene rings is 2. The Morgan fingerprint density at radius 2 is 1.72 bits per heavy atom. The summed E-state index contributed by atoms with van der Waals surface area (Å²) < 4.78 is 37.6. The highest BCUT2D eigenvalue weighted by Gasteiger charge is 2.30. The van der Waals surface area contributed by atoms with E-state index < -0.39 is 17.8 Å². The fraction of sp³-hybridized carbons (Fsp3) is 0.278. The standard InChI is InChI=1S/C18H19F3N2O2/c1-13(24)11-23(16-5-3-2-4-6-16)12-17(25)22-15-9-7-14(8-10-15)18(19,20)21/h2-10,13,24H,11-12H2,1H3,(H,22,25). The van der Waals surface area contributed by atoms with Gasteiger partial charge in [-0.25, -0.2) is 0 Å². The molecule has 7 heteroatoms. The molecular formula is C18H19F3N2O2. The highest BCUT2D eigenvalue weighted by molar-refractivity contribution is 5.94. The molecule has 2 rings (SSSR count). The Morgan fingerprint density at radius 3 is 2.24 bits per heavy atom. The predicted molar refractivity (Wildman–Crippen MR) is 90.4 cm³/mol. The number of aliphatic hydroxyl groups excluding tert-OH is 1. The van der Waals surface area contributed by atoms with Crippen molar-refractivity contribution in [2.45, 2.75) is 19.2 Å². The Kier molecular flexibility index (Phi) is 6.03. The van der Waals surface area contributed by atoms with E-state index in [9.17, 15) is 23.1 Å². The van der Waals surface area contributed by atoms with Crippen LogP contribution in [-0.4, -0.2) is 30.2 Å². The number of carbonyl (C=O) groups is 1. The number of hydrogen-bond acceptors (Lipinski definition) is 3. The first-order valence-electron chi connectivity index (χ1n) is 7.71. The van der Waals surface area contributed by atoms with Crippen LogP contribution in [0.1, 0.15) is 12.5 Å². The Balaban J connectivity index is 2.03. The molecule has 1 unspecified atom stereocenters. The number of alkyl halides is 3. The predicted octanol–water partition coefficient (Wildman–Crippen LogP) is 3.53. The number of anilines is 2. The summed E-state index contributed by atoms with van der Waals surface area (Å²) in [6, 6.07) is 13.4. The van der Waals surface area contributed by atoms with E-state index in [0.717, 1.165) is 17.8 Å². The summed E-state index contributed by atoms with van der Waals surface area (Å²) >= 11 is 0. The van der Waals surface area contributed by atoms with Gasteiger partial charge in [0, 0.05) is 17.9 Å². The summed E-state index contributed by atoms with van der Waals surface area (Å²) in [5.74, 6) is -0.385. The average Bonchev–Trinajstić information content (AvgIpc) is 2.54. The molecule has 0 spiro atoms. The SMILES string of the molecule is CC(O)CN(CC(=O)Nc1ccc(C(F)(F)F)cc1)c1ccccc1. The third kappa shape index (κ3) is 5.79. The van der Waals surface area contributed by atoms with Gasteiger partial charge < -0.3 is 15.3 Å². The molecule has 0 fully saturated rings. The summed E-state index contributed by atoms with van der Waals surface area (Å²) in [6.45, 7) is 1.84. The average molecular weight is 352 g/mol. The molecule has 0 saturated heterocycles. The second-order valence-corrected chi connectivity index (χ2v) is 5.69. The van der Waals surface area contributed by atoms with Crippen molar-refractivity contribution in [3.8, 4) is 0 Å². The first kappa shape index (κ1) is 18.8. The van der Waals surface area contributed by atoms with Gasteiger partial charge in [-0.15, -0.1) is 0 Å². The van der Waals surface area contributed by atoms with Crippen LogP contribution in [0.15, 0.2) is 54.6 Å². The van der Waals surface area contributed by atoms with E-state index in [0.29, 0.717) is 0 Å². The van der Waals surface area contributed by atoms with Gasteiger partial charge in [0.2, 0.25) is 5.91 Å². The number of rotatable bonds is 6. The molecule has 0 bridgehead atoms. The van der Waals surface area contributed by atoms with Gasteiger partial charge in [0.15, 0.2) is 0 Å². The van der Waals surface area contributed by atoms with Crippen molar-refractivity contribution in [3.05, 3.63) is 60.2 Å². The van der Waals surface area contributed by atoms with Crippen molar-refractivity contribution in [2.75, 3.05) is 23.3 Å². The summed E-state index contributed by atoms with van der Waals surface area (Å²) in [5, 5.41) is 12.2. The van der Waals surface area contributed by atoms with Gasteiger partial charge >= 0.3 is 6.18 Å². The lowest BCUT2D eigenvalue weighted by Crippen LogP contribution is -2.37. The Bertz CT molecular complexity index is 686. The van der Waals surface area contributed by atoms with Gasteiger partial charge in [-0.05, 0) is 43.3 Å². The Labute approximate surface area is 143 Å². The van der Waals surface area contributed by atoms with Gasteiger partial charge in [-0.3, -0.25) is 4.79 Å². The zero-order chi connectivity index (χ0) is 18.4. The molecule has 2 aromatic rings. The second kappa shape index (κ2) is 8.02. The smallest absolute Gasteiger partial charge is 0.392 e. The summed E-state index contributed by atoms with van der Waals surface area (Å²) in [7, 11) is 0. The number of aliphatic hydroxyl groups is 1. The number of amides is 1. The quantitative estimate of drug-likeness (QED) is 0.836.